The van der Waals surface area contributed by atoms with Crippen LogP contribution in [0, 0.1) is 6.92 Å². The van der Waals surface area contributed by atoms with E-state index in [9.17, 15) is 0 Å². The minimum atomic E-state index is -0.197. The molecule has 0 aliphatic heterocycles. The van der Waals surface area contributed by atoms with E-state index in [0.29, 0.717) is 23.3 Å². The molecule has 0 atom stereocenters. The van der Waals surface area contributed by atoms with Gasteiger partial charge in [0.25, 0.3) is 0 Å². The van der Waals surface area contributed by atoms with Crippen LogP contribution in [0.3, 0.4) is 0 Å². The molecule has 0 bridgehead atoms. The first-order valence-electron chi connectivity index (χ1n) is 6.60. The Kier molecular flexibility index (Phi) is 4.49. The number of anilines is 1. The van der Waals surface area contributed by atoms with Gasteiger partial charge in [-0.2, -0.15) is 4.98 Å². The molecule has 1 heterocycles. The maximum Gasteiger partial charge on any atom is 0.227 e. The predicted molar refractivity (Wildman–Crippen MR) is 87.5 cm³/mol. The number of halogens is 1. The van der Waals surface area contributed by atoms with Gasteiger partial charge < -0.3 is 10.2 Å². The zero-order valence-corrected chi connectivity index (χ0v) is 14.2. The molecule has 0 saturated heterocycles. The second kappa shape index (κ2) is 5.99. The standard InChI is InChI=1S/C15H19BrN4O/c1-9-12(20-17)18-14(15(2,3)4)19-13(9)21-11-7-5-10(16)6-8-11/h5-8H,17H2,1-4H3,(H,18,19,20). The first-order chi connectivity index (χ1) is 9.81. The Morgan fingerprint density at radius 1 is 1.14 bits per heavy atom. The number of aromatic nitrogens is 2. The summed E-state index contributed by atoms with van der Waals surface area (Å²) in [7, 11) is 0. The topological polar surface area (TPSA) is 73.1 Å². The molecule has 112 valence electrons. The van der Waals surface area contributed by atoms with Crippen molar-refractivity contribution in [2.75, 3.05) is 5.43 Å². The quantitative estimate of drug-likeness (QED) is 0.648. The van der Waals surface area contributed by atoms with Gasteiger partial charge in [0.1, 0.15) is 11.6 Å². The van der Waals surface area contributed by atoms with E-state index in [0.717, 1.165) is 10.0 Å². The zero-order chi connectivity index (χ0) is 15.6. The van der Waals surface area contributed by atoms with Crippen molar-refractivity contribution in [1.82, 2.24) is 9.97 Å². The van der Waals surface area contributed by atoms with Crippen LogP contribution in [0.15, 0.2) is 28.7 Å². The number of nitrogens with zero attached hydrogens (tertiary/aromatic N) is 2. The van der Waals surface area contributed by atoms with Crippen molar-refractivity contribution >= 4 is 21.7 Å². The van der Waals surface area contributed by atoms with Crippen LogP contribution in [-0.2, 0) is 5.41 Å². The highest BCUT2D eigenvalue weighted by Gasteiger charge is 2.21. The third kappa shape index (κ3) is 3.71. The number of nitrogens with two attached hydrogens (primary N) is 1. The molecular weight excluding hydrogens is 332 g/mol. The summed E-state index contributed by atoms with van der Waals surface area (Å²) >= 11 is 3.40. The van der Waals surface area contributed by atoms with E-state index in [1.165, 1.54) is 0 Å². The fourth-order valence-corrected chi connectivity index (χ4v) is 1.95. The molecule has 2 aromatic rings. The van der Waals surface area contributed by atoms with E-state index in [1.807, 2.05) is 52.0 Å². The molecule has 0 aliphatic carbocycles. The van der Waals surface area contributed by atoms with E-state index >= 15 is 0 Å². The lowest BCUT2D eigenvalue weighted by Gasteiger charge is -2.20. The Bertz CT molecular complexity index is 635. The molecule has 0 aliphatic rings. The SMILES string of the molecule is Cc1c(NN)nc(C(C)(C)C)nc1Oc1ccc(Br)cc1. The molecule has 6 heteroatoms. The predicted octanol–water partition coefficient (Wildman–Crippen LogP) is 3.92. The fraction of sp³-hybridized carbons (Fsp3) is 0.333. The summed E-state index contributed by atoms with van der Waals surface area (Å²) in [6.45, 7) is 8.00. The van der Waals surface area contributed by atoms with Gasteiger partial charge in [0, 0.05) is 9.89 Å². The van der Waals surface area contributed by atoms with Crippen molar-refractivity contribution in [3.63, 3.8) is 0 Å². The number of nitrogen functional groups attached to an aromatic ring is 1. The lowest BCUT2D eigenvalue weighted by Crippen LogP contribution is -2.20. The zero-order valence-electron chi connectivity index (χ0n) is 12.6. The molecule has 1 aromatic carbocycles. The Balaban J connectivity index is 2.44. The molecule has 0 unspecified atom stereocenters. The first kappa shape index (κ1) is 15.7. The molecule has 3 N–H and O–H groups in total. The Morgan fingerprint density at radius 2 is 1.76 bits per heavy atom. The lowest BCUT2D eigenvalue weighted by molar-refractivity contribution is 0.442. The normalized spacial score (nSPS) is 11.3. The molecular formula is C15H19BrN4O. The molecule has 0 spiro atoms. The van der Waals surface area contributed by atoms with Crippen molar-refractivity contribution in [2.24, 2.45) is 5.84 Å². The molecule has 0 radical (unpaired) electrons. The van der Waals surface area contributed by atoms with Gasteiger partial charge in [-0.05, 0) is 31.2 Å². The van der Waals surface area contributed by atoms with Crippen molar-refractivity contribution in [1.29, 1.82) is 0 Å². The van der Waals surface area contributed by atoms with Crippen LogP contribution in [0.4, 0.5) is 5.82 Å². The molecule has 0 amide bonds. The van der Waals surface area contributed by atoms with E-state index in [4.69, 9.17) is 10.6 Å². The minimum absolute atomic E-state index is 0.197. The third-order valence-corrected chi connectivity index (χ3v) is 3.47. The van der Waals surface area contributed by atoms with Crippen molar-refractivity contribution in [3.8, 4) is 11.6 Å². The summed E-state index contributed by atoms with van der Waals surface area (Å²) in [5, 5.41) is 0. The molecule has 21 heavy (non-hydrogen) atoms. The molecule has 1 aromatic heterocycles. The lowest BCUT2D eigenvalue weighted by atomic mass is 9.95. The monoisotopic (exact) mass is 350 g/mol. The minimum Gasteiger partial charge on any atom is -0.439 e. The van der Waals surface area contributed by atoms with Crippen LogP contribution >= 0.6 is 15.9 Å². The van der Waals surface area contributed by atoms with Gasteiger partial charge >= 0.3 is 0 Å². The highest BCUT2D eigenvalue weighted by Crippen LogP contribution is 2.30. The highest BCUT2D eigenvalue weighted by atomic mass is 79.9. The summed E-state index contributed by atoms with van der Waals surface area (Å²) in [4.78, 5) is 8.97. The van der Waals surface area contributed by atoms with Crippen LogP contribution in [0.5, 0.6) is 11.6 Å². The number of hydrazine groups is 1. The van der Waals surface area contributed by atoms with E-state index < -0.39 is 0 Å². The van der Waals surface area contributed by atoms with E-state index in [-0.39, 0.29) is 5.41 Å². The van der Waals surface area contributed by atoms with Gasteiger partial charge in [-0.25, -0.2) is 10.8 Å². The summed E-state index contributed by atoms with van der Waals surface area (Å²) in [6.07, 6.45) is 0. The Labute approximate surface area is 133 Å². The second-order valence-corrected chi connectivity index (χ2v) is 6.69. The van der Waals surface area contributed by atoms with Gasteiger partial charge in [0.2, 0.25) is 5.88 Å². The third-order valence-electron chi connectivity index (χ3n) is 2.94. The van der Waals surface area contributed by atoms with E-state index in [1.54, 1.807) is 0 Å². The maximum atomic E-state index is 5.87. The molecule has 0 saturated carbocycles. The van der Waals surface area contributed by atoms with Crippen molar-refractivity contribution < 1.29 is 4.74 Å². The van der Waals surface area contributed by atoms with Crippen LogP contribution < -0.4 is 16.0 Å². The summed E-state index contributed by atoms with van der Waals surface area (Å²) < 4.78 is 6.87. The smallest absolute Gasteiger partial charge is 0.227 e. The Hall–Kier alpha value is -1.66. The summed E-state index contributed by atoms with van der Waals surface area (Å²) in [6, 6.07) is 7.58. The van der Waals surface area contributed by atoms with Gasteiger partial charge in [-0.3, -0.25) is 0 Å². The second-order valence-electron chi connectivity index (χ2n) is 5.78. The van der Waals surface area contributed by atoms with Crippen LogP contribution in [0.2, 0.25) is 0 Å². The van der Waals surface area contributed by atoms with Crippen LogP contribution in [-0.4, -0.2) is 9.97 Å². The summed E-state index contributed by atoms with van der Waals surface area (Å²) in [5.74, 6) is 8.00. The van der Waals surface area contributed by atoms with Crippen molar-refractivity contribution in [3.05, 3.63) is 40.1 Å². The number of nitrogens with one attached hydrogen (secondary N) is 1. The van der Waals surface area contributed by atoms with Crippen LogP contribution in [0.1, 0.15) is 32.2 Å². The average molecular weight is 351 g/mol. The number of rotatable bonds is 3. The van der Waals surface area contributed by atoms with Crippen LogP contribution in [0.25, 0.3) is 0 Å². The fourth-order valence-electron chi connectivity index (χ4n) is 1.69. The van der Waals surface area contributed by atoms with Gasteiger partial charge in [0.15, 0.2) is 5.82 Å². The molecule has 2 rings (SSSR count). The largest absolute Gasteiger partial charge is 0.439 e. The van der Waals surface area contributed by atoms with E-state index in [2.05, 4.69) is 31.3 Å². The number of ether oxygens (including phenoxy) is 1. The highest BCUT2D eigenvalue weighted by molar-refractivity contribution is 9.10. The molecule has 0 fully saturated rings. The first-order valence-corrected chi connectivity index (χ1v) is 7.39. The summed E-state index contributed by atoms with van der Waals surface area (Å²) in [5.41, 5.74) is 3.18. The van der Waals surface area contributed by atoms with Gasteiger partial charge in [0.05, 0.1) is 5.56 Å². The number of hydrogen-bond donors (Lipinski definition) is 2. The maximum absolute atomic E-state index is 5.87. The molecule has 5 nitrogen and oxygen atoms in total. The number of benzene rings is 1. The van der Waals surface area contributed by atoms with Gasteiger partial charge in [-0.1, -0.05) is 36.7 Å². The van der Waals surface area contributed by atoms with Gasteiger partial charge in [-0.15, -0.1) is 0 Å². The number of hydrogen-bond acceptors (Lipinski definition) is 5. The van der Waals surface area contributed by atoms with Crippen molar-refractivity contribution in [2.45, 2.75) is 33.1 Å². The Morgan fingerprint density at radius 3 is 2.29 bits per heavy atom. The average Bonchev–Trinajstić information content (AvgIpc) is 2.42.